The highest BCUT2D eigenvalue weighted by atomic mass is 15.1. The second-order valence-electron chi connectivity index (χ2n) is 5.79. The van der Waals surface area contributed by atoms with Crippen LogP contribution in [0.3, 0.4) is 0 Å². The third-order valence-electron chi connectivity index (χ3n) is 4.47. The molecule has 0 bridgehead atoms. The SMILES string of the molecule is CC(C)C1C[C@H]2CCCC[C@H]2CN1C. The fraction of sp³-hybridized carbons (Fsp3) is 1.00. The molecule has 1 heteroatoms. The zero-order chi connectivity index (χ0) is 10.1. The van der Waals surface area contributed by atoms with Crippen molar-refractivity contribution in [2.45, 2.75) is 52.0 Å². The molecule has 1 unspecified atom stereocenters. The van der Waals surface area contributed by atoms with Crippen molar-refractivity contribution in [1.82, 2.24) is 4.90 Å². The maximum atomic E-state index is 2.62. The molecule has 2 fully saturated rings. The smallest absolute Gasteiger partial charge is 0.0118 e. The summed E-state index contributed by atoms with van der Waals surface area (Å²) in [6.07, 6.45) is 7.47. The molecule has 2 aliphatic rings. The summed E-state index contributed by atoms with van der Waals surface area (Å²) < 4.78 is 0. The molecule has 1 saturated carbocycles. The number of fused-ring (bicyclic) bond motifs is 1. The minimum atomic E-state index is 0.836. The van der Waals surface area contributed by atoms with Gasteiger partial charge in [-0.3, -0.25) is 0 Å². The molecule has 0 aromatic rings. The van der Waals surface area contributed by atoms with Crippen LogP contribution in [-0.2, 0) is 0 Å². The van der Waals surface area contributed by atoms with Crippen molar-refractivity contribution in [1.29, 1.82) is 0 Å². The van der Waals surface area contributed by atoms with Gasteiger partial charge in [-0.25, -0.2) is 0 Å². The van der Waals surface area contributed by atoms with Crippen LogP contribution in [0.4, 0.5) is 0 Å². The third kappa shape index (κ3) is 1.98. The van der Waals surface area contributed by atoms with Crippen molar-refractivity contribution < 1.29 is 0 Å². The Balaban J connectivity index is 1.99. The van der Waals surface area contributed by atoms with E-state index in [9.17, 15) is 0 Å². The van der Waals surface area contributed by atoms with Crippen molar-refractivity contribution in [3.8, 4) is 0 Å². The van der Waals surface area contributed by atoms with Gasteiger partial charge < -0.3 is 4.90 Å². The normalized spacial score (nSPS) is 39.9. The largest absolute Gasteiger partial charge is 0.303 e. The second-order valence-corrected chi connectivity index (χ2v) is 5.79. The van der Waals surface area contributed by atoms with Crippen LogP contribution >= 0.6 is 0 Å². The maximum absolute atomic E-state index is 2.62. The Hall–Kier alpha value is -0.0400. The fourth-order valence-electron chi connectivity index (χ4n) is 3.61. The van der Waals surface area contributed by atoms with Gasteiger partial charge in [-0.2, -0.15) is 0 Å². The summed E-state index contributed by atoms with van der Waals surface area (Å²) in [6.45, 7) is 6.13. The zero-order valence-corrected chi connectivity index (χ0v) is 10.00. The number of rotatable bonds is 1. The molecular weight excluding hydrogens is 170 g/mol. The lowest BCUT2D eigenvalue weighted by atomic mass is 9.71. The summed E-state index contributed by atoms with van der Waals surface area (Å²) in [5.41, 5.74) is 0. The average molecular weight is 195 g/mol. The Morgan fingerprint density at radius 3 is 2.36 bits per heavy atom. The van der Waals surface area contributed by atoms with E-state index in [0.717, 1.165) is 23.8 Å². The highest BCUT2D eigenvalue weighted by Crippen LogP contribution is 2.39. The first kappa shape index (κ1) is 10.5. The summed E-state index contributed by atoms with van der Waals surface area (Å²) >= 11 is 0. The van der Waals surface area contributed by atoms with Crippen LogP contribution in [0.25, 0.3) is 0 Å². The molecule has 1 saturated heterocycles. The number of hydrogen-bond acceptors (Lipinski definition) is 1. The minimum absolute atomic E-state index is 0.836. The van der Waals surface area contributed by atoms with Crippen molar-refractivity contribution in [3.05, 3.63) is 0 Å². The molecule has 1 heterocycles. The first-order valence-electron chi connectivity index (χ1n) is 6.38. The van der Waals surface area contributed by atoms with Crippen molar-refractivity contribution in [3.63, 3.8) is 0 Å². The van der Waals surface area contributed by atoms with E-state index in [4.69, 9.17) is 0 Å². The van der Waals surface area contributed by atoms with E-state index in [-0.39, 0.29) is 0 Å². The van der Waals surface area contributed by atoms with Gasteiger partial charge in [-0.15, -0.1) is 0 Å². The Morgan fingerprint density at radius 1 is 1.07 bits per heavy atom. The van der Waals surface area contributed by atoms with Gasteiger partial charge in [0.25, 0.3) is 0 Å². The lowest BCUT2D eigenvalue weighted by Gasteiger charge is -2.46. The average Bonchev–Trinajstić information content (AvgIpc) is 2.16. The summed E-state index contributed by atoms with van der Waals surface area (Å²) in [4.78, 5) is 2.62. The molecule has 0 spiro atoms. The summed E-state index contributed by atoms with van der Waals surface area (Å²) in [5, 5.41) is 0. The van der Waals surface area contributed by atoms with E-state index in [2.05, 4.69) is 25.8 Å². The van der Waals surface area contributed by atoms with E-state index >= 15 is 0 Å². The van der Waals surface area contributed by atoms with E-state index in [1.807, 2.05) is 0 Å². The summed E-state index contributed by atoms with van der Waals surface area (Å²) in [5.74, 6) is 2.93. The minimum Gasteiger partial charge on any atom is -0.303 e. The van der Waals surface area contributed by atoms with Crippen LogP contribution < -0.4 is 0 Å². The van der Waals surface area contributed by atoms with Crippen molar-refractivity contribution in [2.75, 3.05) is 13.6 Å². The molecule has 1 aliphatic heterocycles. The number of nitrogens with zero attached hydrogens (tertiary/aromatic N) is 1. The zero-order valence-electron chi connectivity index (χ0n) is 10.00. The second kappa shape index (κ2) is 4.22. The Bertz CT molecular complexity index is 188. The van der Waals surface area contributed by atoms with Crippen LogP contribution in [0.5, 0.6) is 0 Å². The molecule has 3 atom stereocenters. The van der Waals surface area contributed by atoms with Gasteiger partial charge in [0, 0.05) is 12.6 Å². The van der Waals surface area contributed by atoms with E-state index in [0.29, 0.717) is 0 Å². The summed E-state index contributed by atoms with van der Waals surface area (Å²) in [7, 11) is 2.33. The maximum Gasteiger partial charge on any atom is 0.0118 e. The molecular formula is C13H25N. The van der Waals surface area contributed by atoms with Gasteiger partial charge in [0.15, 0.2) is 0 Å². The Morgan fingerprint density at radius 2 is 1.71 bits per heavy atom. The van der Waals surface area contributed by atoms with Gasteiger partial charge >= 0.3 is 0 Å². The topological polar surface area (TPSA) is 3.24 Å². The van der Waals surface area contributed by atoms with Crippen molar-refractivity contribution >= 4 is 0 Å². The lowest BCUT2D eigenvalue weighted by molar-refractivity contribution is 0.0365. The van der Waals surface area contributed by atoms with Crippen LogP contribution in [-0.4, -0.2) is 24.5 Å². The molecule has 0 amide bonds. The Labute approximate surface area is 88.9 Å². The number of piperidine rings is 1. The predicted molar refractivity (Wildman–Crippen MR) is 61.3 cm³/mol. The monoisotopic (exact) mass is 195 g/mol. The molecule has 1 aliphatic carbocycles. The molecule has 0 aromatic heterocycles. The predicted octanol–water partition coefficient (Wildman–Crippen LogP) is 3.15. The third-order valence-corrected chi connectivity index (χ3v) is 4.47. The first-order valence-corrected chi connectivity index (χ1v) is 6.38. The molecule has 2 rings (SSSR count). The van der Waals surface area contributed by atoms with Crippen LogP contribution in [0.1, 0.15) is 46.0 Å². The van der Waals surface area contributed by atoms with Crippen LogP contribution in [0.15, 0.2) is 0 Å². The van der Waals surface area contributed by atoms with Gasteiger partial charge in [-0.1, -0.05) is 33.1 Å². The molecule has 1 nitrogen and oxygen atoms in total. The Kier molecular flexibility index (Phi) is 3.16. The first-order chi connectivity index (χ1) is 6.68. The highest BCUT2D eigenvalue weighted by Gasteiger charge is 2.35. The van der Waals surface area contributed by atoms with E-state index in [1.54, 1.807) is 0 Å². The van der Waals surface area contributed by atoms with Crippen LogP contribution in [0.2, 0.25) is 0 Å². The molecule has 82 valence electrons. The molecule has 0 radical (unpaired) electrons. The van der Waals surface area contributed by atoms with E-state index in [1.165, 1.54) is 38.6 Å². The lowest BCUT2D eigenvalue weighted by Crippen LogP contribution is -2.48. The van der Waals surface area contributed by atoms with E-state index < -0.39 is 0 Å². The quantitative estimate of drug-likeness (QED) is 0.621. The molecule has 0 aromatic carbocycles. The van der Waals surface area contributed by atoms with Gasteiger partial charge in [-0.05, 0) is 37.6 Å². The fourth-order valence-corrected chi connectivity index (χ4v) is 3.61. The molecule has 14 heavy (non-hydrogen) atoms. The number of hydrogen-bond donors (Lipinski definition) is 0. The standard InChI is InChI=1S/C13H25N/c1-10(2)13-8-11-6-4-5-7-12(11)9-14(13)3/h10-13H,4-9H2,1-3H3/t11-,12+,13?/m1/s1. The van der Waals surface area contributed by atoms with Crippen LogP contribution in [0, 0.1) is 17.8 Å². The van der Waals surface area contributed by atoms with Gasteiger partial charge in [0.05, 0.1) is 0 Å². The van der Waals surface area contributed by atoms with Crippen molar-refractivity contribution in [2.24, 2.45) is 17.8 Å². The molecule has 0 N–H and O–H groups in total. The highest BCUT2D eigenvalue weighted by molar-refractivity contribution is 4.88. The van der Waals surface area contributed by atoms with Gasteiger partial charge in [0.2, 0.25) is 0 Å². The van der Waals surface area contributed by atoms with Gasteiger partial charge in [0.1, 0.15) is 0 Å². The number of likely N-dealkylation sites (tertiary alicyclic amines) is 1. The summed E-state index contributed by atoms with van der Waals surface area (Å²) in [6, 6.07) is 0.856.